The van der Waals surface area contributed by atoms with Crippen molar-refractivity contribution in [2.24, 2.45) is 5.92 Å². The fourth-order valence-electron chi connectivity index (χ4n) is 3.21. The normalized spacial score (nSPS) is 19.0. The van der Waals surface area contributed by atoms with Gasteiger partial charge in [-0.1, -0.05) is 37.3 Å². The van der Waals surface area contributed by atoms with Crippen molar-refractivity contribution in [2.45, 2.75) is 26.2 Å². The Morgan fingerprint density at radius 2 is 1.83 bits per heavy atom. The molecule has 0 radical (unpaired) electrons. The fourth-order valence-corrected chi connectivity index (χ4v) is 3.21. The summed E-state index contributed by atoms with van der Waals surface area (Å²) in [6.45, 7) is 4.49. The summed E-state index contributed by atoms with van der Waals surface area (Å²) in [4.78, 5) is 2.39. The van der Waals surface area contributed by atoms with E-state index in [0.29, 0.717) is 0 Å². The van der Waals surface area contributed by atoms with E-state index >= 15 is 0 Å². The van der Waals surface area contributed by atoms with Crippen LogP contribution in [0.2, 0.25) is 0 Å². The molecule has 5 heteroatoms. The zero-order chi connectivity index (χ0) is 15.6. The fraction of sp³-hybridized carbons (Fsp3) is 0.389. The highest BCUT2D eigenvalue weighted by molar-refractivity contribution is 5.59. The summed E-state index contributed by atoms with van der Waals surface area (Å²) in [5.74, 6) is 2.62. The van der Waals surface area contributed by atoms with Gasteiger partial charge >= 0.3 is 0 Å². The van der Waals surface area contributed by atoms with Crippen molar-refractivity contribution in [3.8, 4) is 11.4 Å². The molecule has 0 aliphatic carbocycles. The van der Waals surface area contributed by atoms with Crippen molar-refractivity contribution in [1.29, 1.82) is 0 Å². The Labute approximate surface area is 136 Å². The first-order chi connectivity index (χ1) is 11.3. The van der Waals surface area contributed by atoms with Gasteiger partial charge in [0.1, 0.15) is 5.82 Å². The molecular formula is C18H21N5. The highest BCUT2D eigenvalue weighted by atomic mass is 15.4. The lowest BCUT2D eigenvalue weighted by molar-refractivity contribution is 0.521. The molecule has 0 amide bonds. The Bertz CT molecular complexity index is 796. The minimum absolute atomic E-state index is 0.788. The Morgan fingerprint density at radius 1 is 0.957 bits per heavy atom. The lowest BCUT2D eigenvalue weighted by Crippen LogP contribution is -2.25. The quantitative estimate of drug-likeness (QED) is 0.728. The lowest BCUT2D eigenvalue weighted by atomic mass is 10.0. The molecule has 2 aromatic heterocycles. The van der Waals surface area contributed by atoms with Gasteiger partial charge in [0.05, 0.1) is 0 Å². The molecule has 0 N–H and O–H groups in total. The maximum Gasteiger partial charge on any atom is 0.185 e. The van der Waals surface area contributed by atoms with E-state index in [-0.39, 0.29) is 0 Å². The highest BCUT2D eigenvalue weighted by Crippen LogP contribution is 2.23. The van der Waals surface area contributed by atoms with Crippen molar-refractivity contribution >= 4 is 11.5 Å². The van der Waals surface area contributed by atoms with E-state index in [1.54, 1.807) is 0 Å². The summed E-state index contributed by atoms with van der Waals surface area (Å²) in [5, 5.41) is 13.4. The second-order valence-electron chi connectivity index (χ2n) is 6.37. The van der Waals surface area contributed by atoms with Crippen LogP contribution in [0.4, 0.5) is 5.82 Å². The summed E-state index contributed by atoms with van der Waals surface area (Å²) in [6, 6.07) is 14.2. The second-order valence-corrected chi connectivity index (χ2v) is 6.37. The zero-order valence-electron chi connectivity index (χ0n) is 13.4. The molecule has 118 valence electrons. The van der Waals surface area contributed by atoms with Crippen LogP contribution in [0.5, 0.6) is 0 Å². The molecule has 0 bridgehead atoms. The maximum absolute atomic E-state index is 4.82. The molecule has 1 aliphatic rings. The Balaban J connectivity index is 1.72. The van der Waals surface area contributed by atoms with Crippen LogP contribution in [-0.4, -0.2) is 32.9 Å². The molecule has 23 heavy (non-hydrogen) atoms. The van der Waals surface area contributed by atoms with Crippen molar-refractivity contribution in [3.05, 3.63) is 42.5 Å². The third-order valence-corrected chi connectivity index (χ3v) is 4.62. The third kappa shape index (κ3) is 2.79. The van der Waals surface area contributed by atoms with Gasteiger partial charge in [0.15, 0.2) is 11.5 Å². The predicted molar refractivity (Wildman–Crippen MR) is 91.4 cm³/mol. The van der Waals surface area contributed by atoms with Gasteiger partial charge in [-0.25, -0.2) is 0 Å². The van der Waals surface area contributed by atoms with Crippen LogP contribution in [0.15, 0.2) is 42.5 Å². The number of anilines is 1. The molecule has 1 fully saturated rings. The van der Waals surface area contributed by atoms with Crippen molar-refractivity contribution < 1.29 is 0 Å². The lowest BCUT2D eigenvalue weighted by Gasteiger charge is -2.21. The predicted octanol–water partition coefficient (Wildman–Crippen LogP) is 3.42. The first kappa shape index (κ1) is 14.2. The molecule has 3 aromatic rings. The maximum atomic E-state index is 4.82. The number of hydrogen-bond donors (Lipinski definition) is 0. The molecule has 0 spiro atoms. The Hall–Kier alpha value is -2.43. The molecule has 1 unspecified atom stereocenters. The Morgan fingerprint density at radius 3 is 2.70 bits per heavy atom. The number of aromatic nitrogens is 4. The number of fused-ring (bicyclic) bond motifs is 1. The van der Waals surface area contributed by atoms with Crippen molar-refractivity contribution in [3.63, 3.8) is 0 Å². The third-order valence-electron chi connectivity index (χ3n) is 4.62. The smallest absolute Gasteiger partial charge is 0.185 e. The van der Waals surface area contributed by atoms with Crippen LogP contribution in [-0.2, 0) is 0 Å². The van der Waals surface area contributed by atoms with Crippen LogP contribution >= 0.6 is 0 Å². The van der Waals surface area contributed by atoms with E-state index in [9.17, 15) is 0 Å². The molecule has 1 aliphatic heterocycles. The Kier molecular flexibility index (Phi) is 3.69. The number of hydrogen-bond acceptors (Lipinski definition) is 4. The molecule has 1 saturated heterocycles. The molecule has 4 rings (SSSR count). The molecule has 0 saturated carbocycles. The summed E-state index contributed by atoms with van der Waals surface area (Å²) >= 11 is 0. The van der Waals surface area contributed by atoms with Gasteiger partial charge in [-0.05, 0) is 37.3 Å². The van der Waals surface area contributed by atoms with E-state index in [1.807, 2.05) is 40.9 Å². The second kappa shape index (κ2) is 5.99. The SMILES string of the molecule is CC1CCCN(c2ccc3nnc(-c4ccccc4)n3n2)CC1. The topological polar surface area (TPSA) is 46.3 Å². The molecular weight excluding hydrogens is 286 g/mol. The largest absolute Gasteiger partial charge is 0.355 e. The van der Waals surface area contributed by atoms with Crippen LogP contribution in [0.3, 0.4) is 0 Å². The standard InChI is InChI=1S/C18H21N5/c1-14-6-5-12-22(13-11-14)17-10-9-16-19-20-18(23(16)21-17)15-7-3-2-4-8-15/h2-4,7-10,14H,5-6,11-13H2,1H3. The van der Waals surface area contributed by atoms with Gasteiger partial charge in [-0.15, -0.1) is 15.3 Å². The van der Waals surface area contributed by atoms with E-state index in [0.717, 1.165) is 41.9 Å². The van der Waals surface area contributed by atoms with Gasteiger partial charge in [-0.2, -0.15) is 4.52 Å². The highest BCUT2D eigenvalue weighted by Gasteiger charge is 2.17. The van der Waals surface area contributed by atoms with Gasteiger partial charge in [-0.3, -0.25) is 0 Å². The molecule has 1 aromatic carbocycles. The minimum Gasteiger partial charge on any atom is -0.355 e. The van der Waals surface area contributed by atoms with Crippen LogP contribution in [0.25, 0.3) is 17.0 Å². The number of nitrogens with zero attached hydrogens (tertiary/aromatic N) is 5. The van der Waals surface area contributed by atoms with Crippen molar-refractivity contribution in [2.75, 3.05) is 18.0 Å². The minimum atomic E-state index is 0.788. The van der Waals surface area contributed by atoms with E-state index < -0.39 is 0 Å². The molecule has 1 atom stereocenters. The van der Waals surface area contributed by atoms with E-state index in [4.69, 9.17) is 5.10 Å². The summed E-state index contributed by atoms with van der Waals surface area (Å²) in [6.07, 6.45) is 3.77. The summed E-state index contributed by atoms with van der Waals surface area (Å²) < 4.78 is 1.86. The van der Waals surface area contributed by atoms with Crippen LogP contribution in [0.1, 0.15) is 26.2 Å². The van der Waals surface area contributed by atoms with E-state index in [2.05, 4.69) is 28.1 Å². The molecule has 3 heterocycles. The number of rotatable bonds is 2. The monoisotopic (exact) mass is 307 g/mol. The van der Waals surface area contributed by atoms with E-state index in [1.165, 1.54) is 19.3 Å². The average molecular weight is 307 g/mol. The van der Waals surface area contributed by atoms with Crippen LogP contribution < -0.4 is 4.90 Å². The van der Waals surface area contributed by atoms with Gasteiger partial charge < -0.3 is 4.90 Å². The zero-order valence-corrected chi connectivity index (χ0v) is 13.4. The summed E-state index contributed by atoms with van der Waals surface area (Å²) in [7, 11) is 0. The summed E-state index contributed by atoms with van der Waals surface area (Å²) in [5.41, 5.74) is 1.82. The number of benzene rings is 1. The first-order valence-electron chi connectivity index (χ1n) is 8.34. The van der Waals surface area contributed by atoms with Gasteiger partial charge in [0.2, 0.25) is 0 Å². The average Bonchev–Trinajstić information content (AvgIpc) is 2.89. The van der Waals surface area contributed by atoms with Gasteiger partial charge in [0, 0.05) is 18.7 Å². The van der Waals surface area contributed by atoms with Crippen molar-refractivity contribution in [1.82, 2.24) is 19.8 Å². The molecule has 5 nitrogen and oxygen atoms in total. The first-order valence-corrected chi connectivity index (χ1v) is 8.34. The van der Waals surface area contributed by atoms with Gasteiger partial charge in [0.25, 0.3) is 0 Å². The van der Waals surface area contributed by atoms with Crippen LogP contribution in [0, 0.1) is 5.92 Å².